The molecule has 4 rings (SSSR count). The first kappa shape index (κ1) is 15.5. The van der Waals surface area contributed by atoms with E-state index >= 15 is 0 Å². The van der Waals surface area contributed by atoms with Gasteiger partial charge in [-0.1, -0.05) is 6.92 Å². The molecule has 0 radical (unpaired) electrons. The number of nitrogen functional groups attached to an aromatic ring is 1. The van der Waals surface area contributed by atoms with Gasteiger partial charge in [0.15, 0.2) is 17.4 Å². The largest absolute Gasteiger partial charge is 0.369 e. The molecule has 2 bridgehead atoms. The fourth-order valence-corrected chi connectivity index (χ4v) is 4.83. The molecule has 24 heavy (non-hydrogen) atoms. The lowest BCUT2D eigenvalue weighted by atomic mass is 10.00. The van der Waals surface area contributed by atoms with Gasteiger partial charge in [-0.25, -0.2) is 13.4 Å². The van der Waals surface area contributed by atoms with Gasteiger partial charge in [0.1, 0.15) is 0 Å². The summed E-state index contributed by atoms with van der Waals surface area (Å²) < 4.78 is 33.5. The van der Waals surface area contributed by atoms with E-state index in [2.05, 4.69) is 15.0 Å². The normalized spacial score (nSPS) is 30.4. The van der Waals surface area contributed by atoms with Crippen LogP contribution in [0.15, 0.2) is 11.1 Å². The molecule has 2 aromatic rings. The molecule has 4 heterocycles. The van der Waals surface area contributed by atoms with Crippen molar-refractivity contribution in [3.63, 3.8) is 0 Å². The highest BCUT2D eigenvalue weighted by atomic mass is 32.2. The van der Waals surface area contributed by atoms with Crippen molar-refractivity contribution in [1.82, 2.24) is 23.8 Å². The number of aromatic amines is 1. The number of hydrogen-bond donors (Lipinski definition) is 2. The summed E-state index contributed by atoms with van der Waals surface area (Å²) in [5, 5.41) is 0. The van der Waals surface area contributed by atoms with Crippen molar-refractivity contribution in [2.45, 2.75) is 37.6 Å². The Hall–Kier alpha value is -1.98. The number of morpholine rings is 1. The van der Waals surface area contributed by atoms with Crippen LogP contribution in [-0.2, 0) is 14.8 Å². The molecule has 2 fully saturated rings. The van der Waals surface area contributed by atoms with E-state index in [0.717, 1.165) is 0 Å². The van der Waals surface area contributed by atoms with Gasteiger partial charge < -0.3 is 10.5 Å². The fourth-order valence-electron chi connectivity index (χ4n) is 3.69. The molecule has 2 saturated heterocycles. The maximum absolute atomic E-state index is 12.1. The van der Waals surface area contributed by atoms with E-state index in [-0.39, 0.29) is 23.2 Å². The number of sulfonamides is 1. The first-order chi connectivity index (χ1) is 11.2. The lowest BCUT2D eigenvalue weighted by molar-refractivity contribution is -0.112. The molecule has 0 saturated carbocycles. The Balaban J connectivity index is 1.85. The van der Waals surface area contributed by atoms with Crippen LogP contribution < -0.4 is 11.3 Å². The molecular formula is C13H18N6O4S. The summed E-state index contributed by atoms with van der Waals surface area (Å²) in [6.07, 6.45) is 3.34. The summed E-state index contributed by atoms with van der Waals surface area (Å²) in [7, 11) is -3.37. The molecule has 10 nitrogen and oxygen atoms in total. The Morgan fingerprint density at radius 1 is 1.54 bits per heavy atom. The van der Waals surface area contributed by atoms with Gasteiger partial charge >= 0.3 is 0 Å². The number of nitrogens with one attached hydrogen (secondary N) is 1. The van der Waals surface area contributed by atoms with Gasteiger partial charge in [-0.3, -0.25) is 14.3 Å². The van der Waals surface area contributed by atoms with Crippen molar-refractivity contribution < 1.29 is 13.2 Å². The molecule has 0 aromatic carbocycles. The minimum Gasteiger partial charge on any atom is -0.369 e. The van der Waals surface area contributed by atoms with Crippen LogP contribution in [0.2, 0.25) is 0 Å². The highest BCUT2D eigenvalue weighted by Crippen LogP contribution is 2.49. The summed E-state index contributed by atoms with van der Waals surface area (Å²) in [4.78, 5) is 22.5. The van der Waals surface area contributed by atoms with Crippen LogP contribution in [0, 0.1) is 0 Å². The fraction of sp³-hybridized carbons (Fsp3) is 0.615. The maximum atomic E-state index is 12.1. The van der Waals surface area contributed by atoms with Crippen LogP contribution in [0.4, 0.5) is 5.95 Å². The summed E-state index contributed by atoms with van der Waals surface area (Å²) in [6, 6.07) is -0.361. The van der Waals surface area contributed by atoms with Gasteiger partial charge in [0, 0.05) is 6.54 Å². The molecule has 0 aliphatic carbocycles. The zero-order chi connectivity index (χ0) is 17.3. The summed E-state index contributed by atoms with van der Waals surface area (Å²) in [6.45, 7) is 2.31. The summed E-state index contributed by atoms with van der Waals surface area (Å²) in [5.41, 5.74) is 5.09. The van der Waals surface area contributed by atoms with E-state index in [4.69, 9.17) is 10.5 Å². The SMILES string of the molecule is CC[C@]12C[C@@H]([C@H](n3cnc4c(=O)[nH]c(N)nc43)O1)N(S(C)(=O)=O)C2. The van der Waals surface area contributed by atoms with E-state index < -0.39 is 27.4 Å². The topological polar surface area (TPSA) is 136 Å². The van der Waals surface area contributed by atoms with Gasteiger partial charge in [0.05, 0.1) is 24.2 Å². The molecule has 11 heteroatoms. The molecule has 3 atom stereocenters. The number of fused-ring (bicyclic) bond motifs is 3. The van der Waals surface area contributed by atoms with Gasteiger partial charge in [0.2, 0.25) is 16.0 Å². The van der Waals surface area contributed by atoms with Crippen LogP contribution in [0.25, 0.3) is 11.2 Å². The monoisotopic (exact) mass is 354 g/mol. The smallest absolute Gasteiger partial charge is 0.280 e. The highest BCUT2D eigenvalue weighted by Gasteiger charge is 2.58. The van der Waals surface area contributed by atoms with Crippen LogP contribution in [0.5, 0.6) is 0 Å². The van der Waals surface area contributed by atoms with E-state index in [9.17, 15) is 13.2 Å². The van der Waals surface area contributed by atoms with Crippen molar-refractivity contribution in [1.29, 1.82) is 0 Å². The third kappa shape index (κ3) is 2.08. The van der Waals surface area contributed by atoms with E-state index in [1.165, 1.54) is 16.9 Å². The summed E-state index contributed by atoms with van der Waals surface area (Å²) in [5.74, 6) is -0.0254. The van der Waals surface area contributed by atoms with Crippen molar-refractivity contribution in [3.8, 4) is 0 Å². The number of ether oxygens (including phenoxy) is 1. The van der Waals surface area contributed by atoms with Crippen LogP contribution in [0.1, 0.15) is 26.0 Å². The molecule has 130 valence electrons. The first-order valence-electron chi connectivity index (χ1n) is 7.61. The second-order valence-electron chi connectivity index (χ2n) is 6.40. The van der Waals surface area contributed by atoms with Crippen LogP contribution in [0.3, 0.4) is 0 Å². The Labute approximate surface area is 137 Å². The average molecular weight is 354 g/mol. The number of nitrogens with two attached hydrogens (primary N) is 1. The van der Waals surface area contributed by atoms with E-state index in [0.29, 0.717) is 19.4 Å². The number of imidazole rings is 1. The van der Waals surface area contributed by atoms with Crippen LogP contribution >= 0.6 is 0 Å². The number of H-pyrrole nitrogens is 1. The standard InChI is InChI=1S/C13H18N6O4S/c1-3-13-4-7(19(5-13)24(2,21)22)11(23-13)18-6-15-8-9(18)16-12(14)17-10(8)20/h6-7,11H,3-5H2,1-2H3,(H3,14,16,17,20)/t7-,11+,13+/m0/s1. The predicted octanol–water partition coefficient (Wildman–Crippen LogP) is -0.587. The van der Waals surface area contributed by atoms with E-state index in [1.54, 1.807) is 4.57 Å². The number of rotatable bonds is 3. The molecule has 2 aliphatic rings. The number of aromatic nitrogens is 4. The van der Waals surface area contributed by atoms with Crippen LogP contribution in [-0.4, -0.2) is 56.7 Å². The first-order valence-corrected chi connectivity index (χ1v) is 9.46. The van der Waals surface area contributed by atoms with Crippen molar-refractivity contribution in [2.75, 3.05) is 18.5 Å². The zero-order valence-electron chi connectivity index (χ0n) is 13.3. The average Bonchev–Trinajstić information content (AvgIpc) is 3.16. The number of nitrogens with zero attached hydrogens (tertiary/aromatic N) is 4. The Bertz CT molecular complexity index is 982. The minimum absolute atomic E-state index is 0.0254. The molecule has 2 aliphatic heterocycles. The van der Waals surface area contributed by atoms with Crippen molar-refractivity contribution in [2.24, 2.45) is 0 Å². The highest BCUT2D eigenvalue weighted by molar-refractivity contribution is 7.88. The minimum atomic E-state index is -3.37. The van der Waals surface area contributed by atoms with Gasteiger partial charge in [0.25, 0.3) is 5.56 Å². The van der Waals surface area contributed by atoms with Gasteiger partial charge in [-0.05, 0) is 12.8 Å². The molecule has 0 unspecified atom stereocenters. The second kappa shape index (κ2) is 4.77. The lowest BCUT2D eigenvalue weighted by Gasteiger charge is -2.36. The molecule has 3 N–H and O–H groups in total. The Kier molecular flexibility index (Phi) is 3.09. The molecule has 2 aromatic heterocycles. The lowest BCUT2D eigenvalue weighted by Crippen LogP contribution is -2.47. The van der Waals surface area contributed by atoms with Gasteiger partial charge in [-0.2, -0.15) is 9.29 Å². The molecule has 0 amide bonds. The quantitative estimate of drug-likeness (QED) is 0.752. The molecule has 0 spiro atoms. The van der Waals surface area contributed by atoms with Gasteiger partial charge in [-0.15, -0.1) is 0 Å². The Morgan fingerprint density at radius 3 is 2.92 bits per heavy atom. The summed E-state index contributed by atoms with van der Waals surface area (Å²) >= 11 is 0. The Morgan fingerprint density at radius 2 is 2.29 bits per heavy atom. The van der Waals surface area contributed by atoms with Crippen molar-refractivity contribution in [3.05, 3.63) is 16.7 Å². The molecular weight excluding hydrogens is 336 g/mol. The predicted molar refractivity (Wildman–Crippen MR) is 85.7 cm³/mol. The number of anilines is 1. The van der Waals surface area contributed by atoms with Crippen molar-refractivity contribution >= 4 is 27.1 Å². The second-order valence-corrected chi connectivity index (χ2v) is 8.33. The maximum Gasteiger partial charge on any atom is 0.280 e. The third-order valence-electron chi connectivity index (χ3n) is 4.89. The van der Waals surface area contributed by atoms with E-state index in [1.807, 2.05) is 6.92 Å². The third-order valence-corrected chi connectivity index (χ3v) is 6.14. The zero-order valence-corrected chi connectivity index (χ0v) is 14.1. The number of hydrogen-bond acceptors (Lipinski definition) is 7.